The summed E-state index contributed by atoms with van der Waals surface area (Å²) in [5.41, 5.74) is 7.91. The van der Waals surface area contributed by atoms with Crippen LogP contribution < -0.4 is 11.1 Å². The van der Waals surface area contributed by atoms with E-state index in [9.17, 15) is 4.79 Å². The molecule has 1 heterocycles. The molecular weight excluding hydrogens is 268 g/mol. The third-order valence-electron chi connectivity index (χ3n) is 3.02. The summed E-state index contributed by atoms with van der Waals surface area (Å²) in [4.78, 5) is 17.5. The molecule has 3 N–H and O–H groups in total. The molecule has 0 radical (unpaired) electrons. The molecule has 2 aromatic rings. The molecule has 1 amide bonds. The maximum atomic E-state index is 11.8. The van der Waals surface area contributed by atoms with Gasteiger partial charge in [-0.1, -0.05) is 0 Å². The van der Waals surface area contributed by atoms with Crippen molar-refractivity contribution in [3.63, 3.8) is 0 Å². The predicted molar refractivity (Wildman–Crippen MR) is 82.1 cm³/mol. The molecule has 7 nitrogen and oxygen atoms in total. The maximum Gasteiger partial charge on any atom is 0.253 e. The molecule has 21 heavy (non-hydrogen) atoms. The van der Waals surface area contributed by atoms with E-state index >= 15 is 0 Å². The SMILES string of the molecule is CN(C)C(=O)c1ccc(NCCc2ncn(C)n2)c(N)c1. The first kappa shape index (κ1) is 14.8. The average Bonchev–Trinajstić information content (AvgIpc) is 2.85. The number of nitrogen functional groups attached to an aromatic ring is 1. The van der Waals surface area contributed by atoms with Crippen LogP contribution in [0.25, 0.3) is 0 Å². The number of aryl methyl sites for hydroxylation is 1. The Labute approximate surface area is 123 Å². The lowest BCUT2D eigenvalue weighted by Gasteiger charge is -2.13. The minimum absolute atomic E-state index is 0.0639. The molecular formula is C14H20N6O. The first-order valence-corrected chi connectivity index (χ1v) is 6.67. The summed E-state index contributed by atoms with van der Waals surface area (Å²) >= 11 is 0. The van der Waals surface area contributed by atoms with E-state index in [1.54, 1.807) is 37.2 Å². The Morgan fingerprint density at radius 3 is 2.76 bits per heavy atom. The Bertz CT molecular complexity index is 634. The monoisotopic (exact) mass is 288 g/mol. The number of benzene rings is 1. The minimum Gasteiger partial charge on any atom is -0.397 e. The van der Waals surface area contributed by atoms with Crippen LogP contribution in [0, 0.1) is 0 Å². The molecule has 0 saturated carbocycles. The third kappa shape index (κ3) is 3.71. The van der Waals surface area contributed by atoms with Crippen molar-refractivity contribution in [2.45, 2.75) is 6.42 Å². The van der Waals surface area contributed by atoms with Crippen molar-refractivity contribution in [2.24, 2.45) is 7.05 Å². The molecule has 1 aromatic carbocycles. The van der Waals surface area contributed by atoms with Gasteiger partial charge in [-0.3, -0.25) is 9.48 Å². The van der Waals surface area contributed by atoms with Gasteiger partial charge in [-0.2, -0.15) is 5.10 Å². The Balaban J connectivity index is 1.96. The van der Waals surface area contributed by atoms with Crippen molar-refractivity contribution in [3.8, 4) is 0 Å². The van der Waals surface area contributed by atoms with Gasteiger partial charge in [-0.25, -0.2) is 4.98 Å². The summed E-state index contributed by atoms with van der Waals surface area (Å²) in [6.45, 7) is 0.676. The first-order valence-electron chi connectivity index (χ1n) is 6.67. The van der Waals surface area contributed by atoms with Gasteiger partial charge >= 0.3 is 0 Å². The van der Waals surface area contributed by atoms with Crippen LogP contribution in [0.1, 0.15) is 16.2 Å². The van der Waals surface area contributed by atoms with Crippen LogP contribution in [0.4, 0.5) is 11.4 Å². The smallest absolute Gasteiger partial charge is 0.253 e. The number of nitrogens with two attached hydrogens (primary N) is 1. The average molecular weight is 288 g/mol. The van der Waals surface area contributed by atoms with E-state index in [4.69, 9.17) is 5.73 Å². The van der Waals surface area contributed by atoms with E-state index in [-0.39, 0.29) is 5.91 Å². The van der Waals surface area contributed by atoms with Crippen LogP contribution >= 0.6 is 0 Å². The zero-order chi connectivity index (χ0) is 15.4. The minimum atomic E-state index is -0.0639. The maximum absolute atomic E-state index is 11.8. The van der Waals surface area contributed by atoms with Gasteiger partial charge < -0.3 is 16.0 Å². The van der Waals surface area contributed by atoms with E-state index in [2.05, 4.69) is 15.4 Å². The van der Waals surface area contributed by atoms with Crippen molar-refractivity contribution in [1.82, 2.24) is 19.7 Å². The second-order valence-corrected chi connectivity index (χ2v) is 5.01. The normalized spacial score (nSPS) is 10.4. The van der Waals surface area contributed by atoms with Crippen LogP contribution in [-0.2, 0) is 13.5 Å². The molecule has 2 rings (SSSR count). The number of carbonyl (C=O) groups is 1. The summed E-state index contributed by atoms with van der Waals surface area (Å²) < 4.78 is 1.67. The lowest BCUT2D eigenvalue weighted by Crippen LogP contribution is -2.21. The Morgan fingerprint density at radius 2 is 2.19 bits per heavy atom. The quantitative estimate of drug-likeness (QED) is 0.793. The van der Waals surface area contributed by atoms with Gasteiger partial charge in [0.15, 0.2) is 5.82 Å². The molecule has 0 aliphatic carbocycles. The van der Waals surface area contributed by atoms with E-state index in [0.717, 1.165) is 11.5 Å². The number of anilines is 2. The fraction of sp³-hybridized carbons (Fsp3) is 0.357. The summed E-state index contributed by atoms with van der Waals surface area (Å²) in [5.74, 6) is 0.717. The van der Waals surface area contributed by atoms with Crippen molar-refractivity contribution in [3.05, 3.63) is 35.9 Å². The van der Waals surface area contributed by atoms with Crippen molar-refractivity contribution < 1.29 is 4.79 Å². The second kappa shape index (κ2) is 6.25. The number of hydrogen-bond acceptors (Lipinski definition) is 5. The highest BCUT2D eigenvalue weighted by Gasteiger charge is 2.10. The Morgan fingerprint density at radius 1 is 1.43 bits per heavy atom. The lowest BCUT2D eigenvalue weighted by atomic mass is 10.1. The molecule has 0 spiro atoms. The Hall–Kier alpha value is -2.57. The highest BCUT2D eigenvalue weighted by atomic mass is 16.2. The molecule has 112 valence electrons. The molecule has 0 fully saturated rings. The van der Waals surface area contributed by atoms with Crippen LogP contribution in [0.3, 0.4) is 0 Å². The standard InChI is InChI=1S/C14H20N6O/c1-19(2)14(21)10-4-5-12(11(15)8-10)16-7-6-13-17-9-20(3)18-13/h4-5,8-9,16H,6-7,15H2,1-3H3. The number of amides is 1. The number of carbonyl (C=O) groups excluding carboxylic acids is 1. The molecule has 7 heteroatoms. The van der Waals surface area contributed by atoms with Gasteiger partial charge in [0.1, 0.15) is 6.33 Å². The van der Waals surface area contributed by atoms with Gasteiger partial charge in [0.05, 0.1) is 11.4 Å². The van der Waals surface area contributed by atoms with E-state index in [1.807, 2.05) is 13.1 Å². The van der Waals surface area contributed by atoms with Gasteiger partial charge in [0, 0.05) is 39.7 Å². The van der Waals surface area contributed by atoms with Crippen LogP contribution in [0.2, 0.25) is 0 Å². The largest absolute Gasteiger partial charge is 0.397 e. The zero-order valence-corrected chi connectivity index (χ0v) is 12.5. The van der Waals surface area contributed by atoms with Crippen LogP contribution in [0.15, 0.2) is 24.5 Å². The van der Waals surface area contributed by atoms with Gasteiger partial charge in [0.2, 0.25) is 0 Å². The number of nitrogens with zero attached hydrogens (tertiary/aromatic N) is 4. The fourth-order valence-corrected chi connectivity index (χ4v) is 1.92. The number of hydrogen-bond donors (Lipinski definition) is 2. The molecule has 0 saturated heterocycles. The topological polar surface area (TPSA) is 89.1 Å². The molecule has 0 bridgehead atoms. The van der Waals surface area contributed by atoms with E-state index in [1.165, 1.54) is 4.90 Å². The van der Waals surface area contributed by atoms with Crippen molar-refractivity contribution in [2.75, 3.05) is 31.7 Å². The van der Waals surface area contributed by atoms with E-state index < -0.39 is 0 Å². The summed E-state index contributed by atoms with van der Waals surface area (Å²) in [5, 5.41) is 7.43. The third-order valence-corrected chi connectivity index (χ3v) is 3.02. The summed E-state index contributed by atoms with van der Waals surface area (Å²) in [7, 11) is 5.26. The fourth-order valence-electron chi connectivity index (χ4n) is 1.92. The first-order chi connectivity index (χ1) is 9.97. The predicted octanol–water partition coefficient (Wildman–Crippen LogP) is 0.754. The highest BCUT2D eigenvalue weighted by Crippen LogP contribution is 2.20. The molecule has 0 atom stereocenters. The zero-order valence-electron chi connectivity index (χ0n) is 12.5. The van der Waals surface area contributed by atoms with Gasteiger partial charge in [-0.15, -0.1) is 0 Å². The highest BCUT2D eigenvalue weighted by molar-refractivity contribution is 5.95. The molecule has 0 unspecified atom stereocenters. The molecule has 0 aliphatic heterocycles. The summed E-state index contributed by atoms with van der Waals surface area (Å²) in [6.07, 6.45) is 2.38. The van der Waals surface area contributed by atoms with Crippen molar-refractivity contribution in [1.29, 1.82) is 0 Å². The van der Waals surface area contributed by atoms with E-state index in [0.29, 0.717) is 24.2 Å². The van der Waals surface area contributed by atoms with Crippen LogP contribution in [0.5, 0.6) is 0 Å². The number of rotatable bonds is 5. The lowest BCUT2D eigenvalue weighted by molar-refractivity contribution is 0.0827. The summed E-state index contributed by atoms with van der Waals surface area (Å²) in [6, 6.07) is 5.27. The number of nitrogens with one attached hydrogen (secondary N) is 1. The van der Waals surface area contributed by atoms with Gasteiger partial charge in [0.25, 0.3) is 5.91 Å². The molecule has 0 aliphatic rings. The number of aromatic nitrogens is 3. The van der Waals surface area contributed by atoms with Crippen molar-refractivity contribution >= 4 is 17.3 Å². The second-order valence-electron chi connectivity index (χ2n) is 5.01. The van der Waals surface area contributed by atoms with Gasteiger partial charge in [-0.05, 0) is 18.2 Å². The Kier molecular flexibility index (Phi) is 4.42. The molecule has 1 aromatic heterocycles. The van der Waals surface area contributed by atoms with Crippen LogP contribution in [-0.4, -0.2) is 46.2 Å².